The molecule has 0 rings (SSSR count). The number of phosphoric acid groups is 1. The summed E-state index contributed by atoms with van der Waals surface area (Å²) in [6, 6.07) is -0.911. The summed E-state index contributed by atoms with van der Waals surface area (Å²) >= 11 is 0. The van der Waals surface area contributed by atoms with E-state index < -0.39 is 26.6 Å². The van der Waals surface area contributed by atoms with Gasteiger partial charge in [0.2, 0.25) is 5.91 Å². The molecule has 83 heavy (non-hydrogen) atoms. The van der Waals surface area contributed by atoms with E-state index in [0.717, 1.165) is 103 Å². The average molecular weight is 1180 g/mol. The lowest BCUT2D eigenvalue weighted by Gasteiger charge is -2.29. The van der Waals surface area contributed by atoms with E-state index in [9.17, 15) is 19.4 Å². The van der Waals surface area contributed by atoms with Crippen LogP contribution in [0, 0.1) is 0 Å². The number of carbonyl (C=O) groups excluding carboxylic acids is 1. The average Bonchev–Trinajstić information content (AvgIpc) is 3.50. The third-order valence-corrected chi connectivity index (χ3v) is 16.2. The van der Waals surface area contributed by atoms with Crippen LogP contribution >= 0.6 is 7.82 Å². The van der Waals surface area contributed by atoms with Gasteiger partial charge < -0.3 is 28.8 Å². The van der Waals surface area contributed by atoms with Crippen molar-refractivity contribution < 1.29 is 32.9 Å². The van der Waals surface area contributed by atoms with Crippen LogP contribution in [-0.4, -0.2) is 68.5 Å². The first kappa shape index (κ1) is 80.2. The Labute approximate surface area is 514 Å². The number of aliphatic hydroxyl groups excluding tert-OH is 1. The molecule has 0 bridgehead atoms. The highest BCUT2D eigenvalue weighted by Gasteiger charge is 2.23. The van der Waals surface area contributed by atoms with Crippen molar-refractivity contribution in [1.29, 1.82) is 0 Å². The van der Waals surface area contributed by atoms with Gasteiger partial charge in [-0.3, -0.25) is 9.36 Å². The van der Waals surface area contributed by atoms with E-state index in [1.165, 1.54) is 180 Å². The summed E-state index contributed by atoms with van der Waals surface area (Å²) in [6.45, 7) is 4.54. The SMILES string of the molecule is CC/C=C\C/C=C\C/C=C\C/C=C\C/C=C\C/C=C\C/C=C\C/C=C\CCCCCCC(=O)NC(COP(=O)([O-])OCC[N+](C)(C)C)C(O)/C=C/CCCCCCCCCCCCCCCCCCCCCCCCCCCCCCCC. The van der Waals surface area contributed by atoms with E-state index >= 15 is 0 Å². The molecule has 0 aromatic carbocycles. The first-order valence-corrected chi connectivity index (χ1v) is 36.2. The maximum Gasteiger partial charge on any atom is 0.268 e. The van der Waals surface area contributed by atoms with Gasteiger partial charge in [0.15, 0.2) is 0 Å². The molecule has 0 saturated carbocycles. The molecule has 0 heterocycles. The van der Waals surface area contributed by atoms with Gasteiger partial charge >= 0.3 is 0 Å². The van der Waals surface area contributed by atoms with Crippen molar-refractivity contribution in [2.75, 3.05) is 40.9 Å². The van der Waals surface area contributed by atoms with Crippen LogP contribution in [0.5, 0.6) is 0 Å². The molecule has 0 saturated heterocycles. The van der Waals surface area contributed by atoms with Crippen LogP contribution in [0.25, 0.3) is 0 Å². The Hall–Kier alpha value is -2.84. The maximum absolute atomic E-state index is 13.0. The molecule has 0 aromatic rings. The first-order valence-electron chi connectivity index (χ1n) is 34.7. The Morgan fingerprint density at radius 3 is 1.07 bits per heavy atom. The lowest BCUT2D eigenvalue weighted by Crippen LogP contribution is -2.45. The smallest absolute Gasteiger partial charge is 0.268 e. The van der Waals surface area contributed by atoms with Gasteiger partial charge in [0.1, 0.15) is 13.2 Å². The molecular formula is C74H133N2O6P. The highest BCUT2D eigenvalue weighted by atomic mass is 31.2. The number of phosphoric ester groups is 1. The fraction of sp³-hybridized carbons (Fsp3) is 0.743. The minimum atomic E-state index is -4.62. The molecule has 0 aliphatic carbocycles. The predicted molar refractivity (Wildman–Crippen MR) is 362 cm³/mol. The molecule has 480 valence electrons. The zero-order valence-corrected chi connectivity index (χ0v) is 55.8. The molecule has 0 aromatic heterocycles. The van der Waals surface area contributed by atoms with Crippen molar-refractivity contribution in [2.24, 2.45) is 0 Å². The monoisotopic (exact) mass is 1180 g/mol. The van der Waals surface area contributed by atoms with Crippen molar-refractivity contribution in [3.05, 3.63) is 109 Å². The van der Waals surface area contributed by atoms with Crippen LogP contribution in [0.2, 0.25) is 0 Å². The normalized spacial score (nSPS) is 14.3. The van der Waals surface area contributed by atoms with Gasteiger partial charge in [-0.1, -0.05) is 322 Å². The highest BCUT2D eigenvalue weighted by molar-refractivity contribution is 7.45. The number of allylic oxidation sites excluding steroid dienone is 17. The fourth-order valence-electron chi connectivity index (χ4n) is 9.88. The fourth-order valence-corrected chi connectivity index (χ4v) is 10.6. The van der Waals surface area contributed by atoms with Crippen LogP contribution in [-0.2, 0) is 18.4 Å². The highest BCUT2D eigenvalue weighted by Crippen LogP contribution is 2.38. The third-order valence-electron chi connectivity index (χ3n) is 15.2. The van der Waals surface area contributed by atoms with Gasteiger partial charge in [-0.2, -0.15) is 0 Å². The van der Waals surface area contributed by atoms with Gasteiger partial charge in [0.25, 0.3) is 7.82 Å². The first-order chi connectivity index (χ1) is 40.5. The van der Waals surface area contributed by atoms with Crippen molar-refractivity contribution in [2.45, 2.75) is 315 Å². The second-order valence-electron chi connectivity index (χ2n) is 24.5. The molecule has 3 atom stereocenters. The molecule has 8 nitrogen and oxygen atoms in total. The third kappa shape index (κ3) is 66.5. The van der Waals surface area contributed by atoms with Crippen molar-refractivity contribution >= 4 is 13.7 Å². The molecule has 1 amide bonds. The predicted octanol–water partition coefficient (Wildman–Crippen LogP) is 21.6. The number of amides is 1. The van der Waals surface area contributed by atoms with Crippen molar-refractivity contribution in [1.82, 2.24) is 5.32 Å². The van der Waals surface area contributed by atoms with Crippen molar-refractivity contribution in [3.8, 4) is 0 Å². The quantitative estimate of drug-likeness (QED) is 0.0272. The molecule has 9 heteroatoms. The lowest BCUT2D eigenvalue weighted by molar-refractivity contribution is -0.870. The van der Waals surface area contributed by atoms with Gasteiger partial charge in [-0.05, 0) is 83.5 Å². The van der Waals surface area contributed by atoms with Crippen LogP contribution < -0.4 is 10.2 Å². The van der Waals surface area contributed by atoms with E-state index in [0.29, 0.717) is 17.4 Å². The summed E-state index contributed by atoms with van der Waals surface area (Å²) in [7, 11) is 1.23. The minimum absolute atomic E-state index is 0.0119. The second-order valence-corrected chi connectivity index (χ2v) is 25.9. The van der Waals surface area contributed by atoms with E-state index in [1.54, 1.807) is 6.08 Å². The standard InChI is InChI=1S/C74H133N2O6P/c1-6-8-10-12-14-16-18-20-22-24-26-28-30-32-34-36-37-38-40-41-43-45-47-49-51-53-55-57-59-61-63-65-67-73(77)72(71-82-83(79,80)81-70-69-76(3,4)5)75-74(78)68-66-64-62-60-58-56-54-52-50-48-46-44-42-39-35-33-31-29-27-25-23-21-19-17-15-13-11-9-7-2/h9,11,15,17,21,23,27,29,33,35,42,44,48,50,54,56,65,67,72-73,77H,6-8,10,12-14,16,18-20,22,24-26,28,30-32,34,36-41,43,45-47,49,51-53,55,57-64,66,68-71H2,1-5H3,(H-,75,78,79,80)/b11-9-,17-15-,23-21-,29-27-,35-33-,44-42-,50-48-,56-54-,67-65+. The topological polar surface area (TPSA) is 108 Å². The van der Waals surface area contributed by atoms with Crippen molar-refractivity contribution in [3.63, 3.8) is 0 Å². The number of hydrogen-bond acceptors (Lipinski definition) is 6. The van der Waals surface area contributed by atoms with Gasteiger partial charge in [-0.25, -0.2) is 0 Å². The number of rotatable bonds is 63. The maximum atomic E-state index is 13.0. The molecule has 0 radical (unpaired) electrons. The van der Waals surface area contributed by atoms with Gasteiger partial charge in [0.05, 0.1) is 39.9 Å². The lowest BCUT2D eigenvalue weighted by atomic mass is 10.0. The van der Waals surface area contributed by atoms with E-state index in [1.807, 2.05) is 27.2 Å². The Bertz CT molecular complexity index is 1720. The minimum Gasteiger partial charge on any atom is -0.756 e. The van der Waals surface area contributed by atoms with Crippen LogP contribution in [0.3, 0.4) is 0 Å². The number of carbonyl (C=O) groups is 1. The number of unbranched alkanes of at least 4 members (excludes halogenated alkanes) is 34. The summed E-state index contributed by atoms with van der Waals surface area (Å²) in [4.78, 5) is 25.6. The number of hydrogen-bond donors (Lipinski definition) is 2. The zero-order chi connectivity index (χ0) is 60.5. The zero-order valence-electron chi connectivity index (χ0n) is 54.9. The molecule has 0 aliphatic heterocycles. The van der Waals surface area contributed by atoms with Gasteiger partial charge in [0, 0.05) is 6.42 Å². The Balaban J connectivity index is 4.17. The number of nitrogens with zero attached hydrogens (tertiary/aromatic N) is 1. The summed E-state index contributed by atoms with van der Waals surface area (Å²) in [5.41, 5.74) is 0. The number of likely N-dealkylation sites (N-methyl/N-ethyl adjacent to an activating group) is 1. The van der Waals surface area contributed by atoms with Gasteiger partial charge in [-0.15, -0.1) is 0 Å². The molecule has 0 aliphatic rings. The molecule has 0 spiro atoms. The van der Waals surface area contributed by atoms with E-state index in [-0.39, 0.29) is 12.5 Å². The molecule has 2 N–H and O–H groups in total. The number of aliphatic hydroxyl groups is 1. The molecular weight excluding hydrogens is 1040 g/mol. The number of nitrogens with one attached hydrogen (secondary N) is 1. The molecule has 0 fully saturated rings. The van der Waals surface area contributed by atoms with E-state index in [2.05, 4.69) is 116 Å². The Kier molecular flexibility index (Phi) is 61.5. The summed E-state index contributed by atoms with van der Waals surface area (Å²) in [5.74, 6) is -0.223. The van der Waals surface area contributed by atoms with Crippen LogP contribution in [0.1, 0.15) is 303 Å². The summed E-state index contributed by atoms with van der Waals surface area (Å²) < 4.78 is 23.4. The molecule has 3 unspecified atom stereocenters. The van der Waals surface area contributed by atoms with Crippen LogP contribution in [0.15, 0.2) is 109 Å². The number of quaternary nitrogens is 1. The Morgan fingerprint density at radius 1 is 0.434 bits per heavy atom. The summed E-state index contributed by atoms with van der Waals surface area (Å²) in [5, 5.41) is 13.9. The Morgan fingerprint density at radius 2 is 0.735 bits per heavy atom. The summed E-state index contributed by atoms with van der Waals surface area (Å²) in [6.07, 6.45) is 93.5. The van der Waals surface area contributed by atoms with E-state index in [4.69, 9.17) is 9.05 Å². The van der Waals surface area contributed by atoms with Crippen LogP contribution in [0.4, 0.5) is 0 Å². The second kappa shape index (κ2) is 63.7. The largest absolute Gasteiger partial charge is 0.756 e.